The first-order chi connectivity index (χ1) is 7.43. The first kappa shape index (κ1) is 9.33. The van der Waals surface area contributed by atoms with Gasteiger partial charge in [0, 0.05) is 19.0 Å². The van der Waals surface area contributed by atoms with E-state index in [4.69, 9.17) is 0 Å². The summed E-state index contributed by atoms with van der Waals surface area (Å²) in [6.07, 6.45) is 7.66. The molecule has 0 bridgehead atoms. The monoisotopic (exact) mass is 206 g/mol. The molecule has 4 heteroatoms. The molecular weight excluding hydrogens is 188 g/mol. The van der Waals surface area contributed by atoms with Crippen LogP contribution in [0.3, 0.4) is 0 Å². The Morgan fingerprint density at radius 2 is 2.13 bits per heavy atom. The summed E-state index contributed by atoms with van der Waals surface area (Å²) < 4.78 is 2.32. The summed E-state index contributed by atoms with van der Waals surface area (Å²) >= 11 is 0. The summed E-state index contributed by atoms with van der Waals surface area (Å²) in [6.45, 7) is 2.02. The van der Waals surface area contributed by atoms with E-state index < -0.39 is 0 Å². The highest BCUT2D eigenvalue weighted by Crippen LogP contribution is 2.20. The minimum absolute atomic E-state index is 0.753. The smallest absolute Gasteiger partial charge is 0.147 e. The van der Waals surface area contributed by atoms with Gasteiger partial charge in [0.2, 0.25) is 0 Å². The average molecular weight is 206 g/mol. The lowest BCUT2D eigenvalue weighted by atomic mass is 10.2. The van der Waals surface area contributed by atoms with Crippen molar-refractivity contribution in [2.75, 3.05) is 0 Å². The topological polar surface area (TPSA) is 42.7 Å². The molecule has 0 radical (unpaired) electrons. The number of aryl methyl sites for hydroxylation is 1. The van der Waals surface area contributed by atoms with E-state index in [0.29, 0.717) is 0 Å². The van der Waals surface area contributed by atoms with Crippen molar-refractivity contribution in [1.29, 1.82) is 0 Å². The van der Waals surface area contributed by atoms with Gasteiger partial charge in [0.25, 0.3) is 0 Å². The minimum atomic E-state index is 0.753. The third-order valence-electron chi connectivity index (χ3n) is 3.31. The molecule has 15 heavy (non-hydrogen) atoms. The van der Waals surface area contributed by atoms with Crippen LogP contribution in [0, 0.1) is 0 Å². The van der Waals surface area contributed by atoms with Crippen molar-refractivity contribution in [2.45, 2.75) is 57.7 Å². The van der Waals surface area contributed by atoms with Crippen molar-refractivity contribution >= 4 is 0 Å². The molecule has 0 spiro atoms. The fourth-order valence-electron chi connectivity index (χ4n) is 2.20. The van der Waals surface area contributed by atoms with Gasteiger partial charge in [0.05, 0.1) is 6.54 Å². The Bertz CT molecular complexity index is 340. The lowest BCUT2D eigenvalue weighted by Crippen LogP contribution is -2.19. The van der Waals surface area contributed by atoms with E-state index >= 15 is 0 Å². The zero-order valence-corrected chi connectivity index (χ0v) is 9.08. The molecule has 1 N–H and O–H groups in total. The Kier molecular flexibility index (Phi) is 2.44. The number of nitrogens with one attached hydrogen (secondary N) is 1. The van der Waals surface area contributed by atoms with Crippen LogP contribution in [0.25, 0.3) is 0 Å². The van der Waals surface area contributed by atoms with Crippen LogP contribution in [0.1, 0.15) is 43.8 Å². The second-order valence-electron chi connectivity index (χ2n) is 4.65. The number of hydrogen-bond donors (Lipinski definition) is 1. The summed E-state index contributed by atoms with van der Waals surface area (Å²) in [5.41, 5.74) is 0. The van der Waals surface area contributed by atoms with Crippen molar-refractivity contribution in [3.63, 3.8) is 0 Å². The quantitative estimate of drug-likeness (QED) is 0.809. The molecule has 0 unspecified atom stereocenters. The Morgan fingerprint density at radius 3 is 3.00 bits per heavy atom. The molecule has 1 saturated carbocycles. The number of hydrogen-bond acceptors (Lipinski definition) is 3. The second-order valence-corrected chi connectivity index (χ2v) is 4.65. The van der Waals surface area contributed by atoms with E-state index in [1.165, 1.54) is 37.9 Å². The highest BCUT2D eigenvalue weighted by molar-refractivity contribution is 4.98. The Labute approximate surface area is 90.1 Å². The fraction of sp³-hybridized carbons (Fsp3) is 0.818. The van der Waals surface area contributed by atoms with Gasteiger partial charge in [0.1, 0.15) is 11.6 Å². The third kappa shape index (κ3) is 2.04. The molecule has 0 aromatic carbocycles. The van der Waals surface area contributed by atoms with E-state index in [-0.39, 0.29) is 0 Å². The Balaban J connectivity index is 1.72. The van der Waals surface area contributed by atoms with E-state index in [1.807, 2.05) is 0 Å². The molecule has 82 valence electrons. The van der Waals surface area contributed by atoms with Crippen LogP contribution >= 0.6 is 0 Å². The van der Waals surface area contributed by atoms with E-state index in [0.717, 1.165) is 31.4 Å². The van der Waals surface area contributed by atoms with Gasteiger partial charge in [-0.25, -0.2) is 0 Å². The molecule has 3 rings (SSSR count). The van der Waals surface area contributed by atoms with Crippen LogP contribution in [-0.4, -0.2) is 20.8 Å². The molecule has 1 aromatic heterocycles. The normalized spacial score (nSPS) is 21.1. The maximum atomic E-state index is 4.29. The predicted molar refractivity (Wildman–Crippen MR) is 57.4 cm³/mol. The Morgan fingerprint density at radius 1 is 1.20 bits per heavy atom. The van der Waals surface area contributed by atoms with Crippen LogP contribution in [0.15, 0.2) is 0 Å². The SMILES string of the molecule is C1CCc2nnc(CNC3CC3)n2CC1. The number of rotatable bonds is 3. The third-order valence-corrected chi connectivity index (χ3v) is 3.31. The van der Waals surface area contributed by atoms with Gasteiger partial charge in [-0.1, -0.05) is 6.42 Å². The molecule has 1 aromatic rings. The van der Waals surface area contributed by atoms with Gasteiger partial charge in [-0.05, 0) is 25.7 Å². The molecular formula is C11H18N4. The van der Waals surface area contributed by atoms with Gasteiger partial charge >= 0.3 is 0 Å². The van der Waals surface area contributed by atoms with Gasteiger partial charge in [-0.3, -0.25) is 0 Å². The maximum Gasteiger partial charge on any atom is 0.147 e. The highest BCUT2D eigenvalue weighted by Gasteiger charge is 2.22. The molecule has 1 aliphatic heterocycles. The number of aromatic nitrogens is 3. The van der Waals surface area contributed by atoms with Crippen LogP contribution in [0.5, 0.6) is 0 Å². The van der Waals surface area contributed by atoms with Crippen molar-refractivity contribution < 1.29 is 0 Å². The first-order valence-corrected chi connectivity index (χ1v) is 6.08. The number of fused-ring (bicyclic) bond motifs is 1. The van der Waals surface area contributed by atoms with E-state index in [2.05, 4.69) is 20.1 Å². The maximum absolute atomic E-state index is 4.29. The molecule has 1 aliphatic carbocycles. The summed E-state index contributed by atoms with van der Waals surface area (Å²) in [7, 11) is 0. The predicted octanol–water partition coefficient (Wildman–Crippen LogP) is 1.26. The van der Waals surface area contributed by atoms with Crippen molar-refractivity contribution in [1.82, 2.24) is 20.1 Å². The standard InChI is InChI=1S/C11H18N4/c1-2-4-10-13-14-11(15(10)7-3-1)8-12-9-5-6-9/h9,12H,1-8H2. The van der Waals surface area contributed by atoms with Gasteiger partial charge in [0.15, 0.2) is 0 Å². The van der Waals surface area contributed by atoms with Gasteiger partial charge in [-0.15, -0.1) is 10.2 Å². The van der Waals surface area contributed by atoms with Crippen LogP contribution < -0.4 is 5.32 Å². The largest absolute Gasteiger partial charge is 0.314 e. The average Bonchev–Trinajstić information content (AvgIpc) is 3.03. The molecule has 2 heterocycles. The second kappa shape index (κ2) is 3.93. The van der Waals surface area contributed by atoms with Gasteiger partial charge < -0.3 is 9.88 Å². The molecule has 1 fully saturated rings. The Hall–Kier alpha value is -0.900. The van der Waals surface area contributed by atoms with E-state index in [1.54, 1.807) is 0 Å². The van der Waals surface area contributed by atoms with Crippen molar-refractivity contribution in [2.24, 2.45) is 0 Å². The molecule has 2 aliphatic rings. The lowest BCUT2D eigenvalue weighted by Gasteiger charge is -2.07. The molecule has 0 atom stereocenters. The van der Waals surface area contributed by atoms with Crippen LogP contribution in [-0.2, 0) is 19.5 Å². The zero-order valence-electron chi connectivity index (χ0n) is 9.08. The van der Waals surface area contributed by atoms with Crippen LogP contribution in [0.4, 0.5) is 0 Å². The molecule has 4 nitrogen and oxygen atoms in total. The minimum Gasteiger partial charge on any atom is -0.314 e. The lowest BCUT2D eigenvalue weighted by molar-refractivity contribution is 0.571. The molecule has 0 amide bonds. The van der Waals surface area contributed by atoms with E-state index in [9.17, 15) is 0 Å². The van der Waals surface area contributed by atoms with Crippen molar-refractivity contribution in [3.05, 3.63) is 11.6 Å². The number of nitrogens with zero attached hydrogens (tertiary/aromatic N) is 3. The fourth-order valence-corrected chi connectivity index (χ4v) is 2.20. The first-order valence-electron chi connectivity index (χ1n) is 6.08. The molecule has 0 saturated heterocycles. The zero-order chi connectivity index (χ0) is 10.1. The summed E-state index contributed by atoms with van der Waals surface area (Å²) in [5.74, 6) is 2.33. The van der Waals surface area contributed by atoms with Gasteiger partial charge in [-0.2, -0.15) is 0 Å². The van der Waals surface area contributed by atoms with Crippen LogP contribution in [0.2, 0.25) is 0 Å². The summed E-state index contributed by atoms with van der Waals surface area (Å²) in [6, 6.07) is 0.753. The highest BCUT2D eigenvalue weighted by atomic mass is 15.3. The summed E-state index contributed by atoms with van der Waals surface area (Å²) in [5, 5.41) is 12.1. The van der Waals surface area contributed by atoms with Crippen molar-refractivity contribution in [3.8, 4) is 0 Å². The summed E-state index contributed by atoms with van der Waals surface area (Å²) in [4.78, 5) is 0.